The number of ether oxygens (including phenoxy) is 2. The fraction of sp³-hybridized carbons (Fsp3) is 0.682. The van der Waals surface area contributed by atoms with Gasteiger partial charge in [0.15, 0.2) is 17.7 Å². The Bertz CT molecular complexity index is 1010. The summed E-state index contributed by atoms with van der Waals surface area (Å²) in [4.78, 5) is 39.1. The van der Waals surface area contributed by atoms with Gasteiger partial charge in [0.1, 0.15) is 35.8 Å². The van der Waals surface area contributed by atoms with Crippen LogP contribution in [0.2, 0.25) is 0 Å². The maximum absolute atomic E-state index is 12.4. The number of aliphatic hydroxyl groups excluding tert-OH is 3. The van der Waals surface area contributed by atoms with E-state index < -0.39 is 48.9 Å². The number of unbranched alkanes of at least 4 members (excludes halogenated alkanes) is 2. The number of hydrogen-bond donors (Lipinski definition) is 7. The lowest BCUT2D eigenvalue weighted by molar-refractivity contribution is -0.185. The lowest BCUT2D eigenvalue weighted by Gasteiger charge is -2.42. The fourth-order valence-corrected chi connectivity index (χ4v) is 3.78. The second-order valence-electron chi connectivity index (χ2n) is 9.56. The molecule has 14 nitrogen and oxygen atoms in total. The molecule has 1 aliphatic rings. The first-order valence-electron chi connectivity index (χ1n) is 11.9. The number of aromatic nitrogens is 4. The highest BCUT2D eigenvalue weighted by atomic mass is 16.6. The topological polar surface area (TPSA) is 204 Å². The van der Waals surface area contributed by atoms with E-state index in [1.807, 2.05) is 0 Å². The first-order valence-corrected chi connectivity index (χ1v) is 11.9. The summed E-state index contributed by atoms with van der Waals surface area (Å²) in [5, 5.41) is 39.3. The summed E-state index contributed by atoms with van der Waals surface area (Å²) < 4.78 is 10.9. The van der Waals surface area contributed by atoms with Crippen LogP contribution in [0.5, 0.6) is 0 Å². The van der Waals surface area contributed by atoms with Crippen molar-refractivity contribution in [2.24, 2.45) is 0 Å². The number of aromatic amines is 1. The Kier molecular flexibility index (Phi) is 9.37. The van der Waals surface area contributed by atoms with Crippen LogP contribution in [0.1, 0.15) is 46.5 Å². The first kappa shape index (κ1) is 27.5. The van der Waals surface area contributed by atoms with Crippen molar-refractivity contribution in [2.45, 2.75) is 82.6 Å². The molecule has 0 unspecified atom stereocenters. The largest absolute Gasteiger partial charge is 0.444 e. The number of amides is 2. The highest BCUT2D eigenvalue weighted by Crippen LogP contribution is 2.24. The summed E-state index contributed by atoms with van der Waals surface area (Å²) in [6.07, 6.45) is -0.590. The molecule has 0 radical (unpaired) electrons. The van der Waals surface area contributed by atoms with Crippen molar-refractivity contribution in [3.63, 3.8) is 0 Å². The smallest absolute Gasteiger partial charge is 0.407 e. The van der Waals surface area contributed by atoms with Crippen molar-refractivity contribution < 1.29 is 34.4 Å². The molecule has 0 aromatic carbocycles. The van der Waals surface area contributed by atoms with Gasteiger partial charge in [-0.2, -0.15) is 0 Å². The molecular weight excluding hydrogens is 474 g/mol. The lowest BCUT2D eigenvalue weighted by Crippen LogP contribution is -2.65. The van der Waals surface area contributed by atoms with E-state index in [1.54, 1.807) is 20.8 Å². The zero-order valence-electron chi connectivity index (χ0n) is 20.6. The molecule has 3 rings (SSSR count). The summed E-state index contributed by atoms with van der Waals surface area (Å²) in [6, 6.07) is -1.01. The number of hydrogen-bond acceptors (Lipinski definition) is 11. The molecule has 0 aliphatic carbocycles. The van der Waals surface area contributed by atoms with E-state index in [0.717, 1.165) is 0 Å². The van der Waals surface area contributed by atoms with Gasteiger partial charge in [-0.25, -0.2) is 19.7 Å². The molecule has 0 bridgehead atoms. The predicted molar refractivity (Wildman–Crippen MR) is 128 cm³/mol. The minimum atomic E-state index is -1.43. The summed E-state index contributed by atoms with van der Waals surface area (Å²) in [5.41, 5.74) is 0.330. The van der Waals surface area contributed by atoms with Crippen LogP contribution >= 0.6 is 0 Å². The Morgan fingerprint density at radius 1 is 1.14 bits per heavy atom. The van der Waals surface area contributed by atoms with E-state index >= 15 is 0 Å². The van der Waals surface area contributed by atoms with Gasteiger partial charge in [0.25, 0.3) is 0 Å². The van der Waals surface area contributed by atoms with E-state index in [4.69, 9.17) is 9.47 Å². The second kappa shape index (κ2) is 12.3. The Balaban J connectivity index is 1.44. The number of nitrogens with one attached hydrogen (secondary N) is 4. The van der Waals surface area contributed by atoms with Crippen LogP contribution in [0, 0.1) is 0 Å². The molecule has 2 amide bonds. The van der Waals surface area contributed by atoms with Gasteiger partial charge in [0.2, 0.25) is 5.91 Å². The fourth-order valence-electron chi connectivity index (χ4n) is 3.78. The van der Waals surface area contributed by atoms with Crippen LogP contribution in [0.15, 0.2) is 12.7 Å². The van der Waals surface area contributed by atoms with Crippen LogP contribution in [0.4, 0.5) is 10.6 Å². The third-order valence-electron chi connectivity index (χ3n) is 5.51. The number of imidazole rings is 1. The number of carbonyl (C=O) groups excluding carboxylic acids is 2. The van der Waals surface area contributed by atoms with Gasteiger partial charge < -0.3 is 45.7 Å². The van der Waals surface area contributed by atoms with Crippen LogP contribution in [0.3, 0.4) is 0 Å². The van der Waals surface area contributed by atoms with E-state index in [0.29, 0.717) is 42.8 Å². The molecule has 2 aromatic rings. The number of nitrogens with zero attached hydrogens (tertiary/aromatic N) is 3. The Morgan fingerprint density at radius 3 is 2.64 bits per heavy atom. The van der Waals surface area contributed by atoms with Gasteiger partial charge in [-0.3, -0.25) is 4.79 Å². The minimum Gasteiger partial charge on any atom is -0.444 e. The third-order valence-corrected chi connectivity index (χ3v) is 5.51. The first-order chi connectivity index (χ1) is 17.1. The minimum absolute atomic E-state index is 0.171. The number of rotatable bonds is 10. The number of anilines is 1. The number of H-pyrrole nitrogens is 1. The highest BCUT2D eigenvalue weighted by molar-refractivity contribution is 5.82. The maximum atomic E-state index is 12.4. The monoisotopic (exact) mass is 509 g/mol. The zero-order valence-corrected chi connectivity index (χ0v) is 20.6. The Labute approximate surface area is 208 Å². The SMILES string of the molecule is CC(C)(C)OC(=O)NCCCCCC(=O)N[C@@H]1[C@@H](O)[C@H](O)[C@@H](Nc2ncnc3nc[nH]c23)O[C@H]1CO. The van der Waals surface area contributed by atoms with E-state index in [9.17, 15) is 24.9 Å². The molecule has 7 N–H and O–H groups in total. The van der Waals surface area contributed by atoms with Gasteiger partial charge >= 0.3 is 6.09 Å². The van der Waals surface area contributed by atoms with E-state index in [-0.39, 0.29) is 12.3 Å². The maximum Gasteiger partial charge on any atom is 0.407 e. The lowest BCUT2D eigenvalue weighted by atomic mass is 9.95. The van der Waals surface area contributed by atoms with Crippen LogP contribution in [0.25, 0.3) is 11.2 Å². The van der Waals surface area contributed by atoms with Gasteiger partial charge in [-0.05, 0) is 33.6 Å². The molecule has 0 saturated carbocycles. The molecule has 14 heteroatoms. The van der Waals surface area contributed by atoms with Gasteiger partial charge in [0.05, 0.1) is 19.0 Å². The standard InChI is InChI=1S/C22H35N7O7/c1-22(2,3)36-21(34)23-8-6-4-5-7-13(31)28-14-12(9-30)35-20(17(33)16(14)32)29-19-15-18(25-10-24-15)26-11-27-19/h10-12,14,16-17,20,30,32-33H,4-9H2,1-3H3,(H,23,34)(H,28,31)(H2,24,25,26,27,29)/t12-,14-,16+,17-,20-/m0/s1. The van der Waals surface area contributed by atoms with E-state index in [1.165, 1.54) is 12.7 Å². The quantitative estimate of drug-likeness (QED) is 0.208. The summed E-state index contributed by atoms with van der Waals surface area (Å²) in [7, 11) is 0. The van der Waals surface area contributed by atoms with Crippen LogP contribution in [-0.4, -0.2) is 96.6 Å². The van der Waals surface area contributed by atoms with Crippen molar-refractivity contribution in [1.82, 2.24) is 30.6 Å². The van der Waals surface area contributed by atoms with Gasteiger partial charge in [-0.1, -0.05) is 6.42 Å². The van der Waals surface area contributed by atoms with Crippen molar-refractivity contribution >= 4 is 29.0 Å². The molecule has 1 aliphatic heterocycles. The van der Waals surface area contributed by atoms with Crippen molar-refractivity contribution in [3.8, 4) is 0 Å². The Hall–Kier alpha value is -3.07. The Morgan fingerprint density at radius 2 is 1.92 bits per heavy atom. The molecular formula is C22H35N7O7. The van der Waals surface area contributed by atoms with E-state index in [2.05, 4.69) is 35.9 Å². The van der Waals surface area contributed by atoms with Crippen molar-refractivity contribution in [1.29, 1.82) is 0 Å². The van der Waals surface area contributed by atoms with Crippen molar-refractivity contribution in [3.05, 3.63) is 12.7 Å². The molecule has 3 heterocycles. The zero-order chi connectivity index (χ0) is 26.3. The molecule has 5 atom stereocenters. The number of fused-ring (bicyclic) bond motifs is 1. The summed E-state index contributed by atoms with van der Waals surface area (Å²) in [5.74, 6) is -0.0520. The predicted octanol–water partition coefficient (Wildman–Crippen LogP) is -0.226. The average Bonchev–Trinajstić information content (AvgIpc) is 3.29. The molecule has 1 saturated heterocycles. The summed E-state index contributed by atoms with van der Waals surface area (Å²) in [6.45, 7) is 5.29. The molecule has 36 heavy (non-hydrogen) atoms. The van der Waals surface area contributed by atoms with Crippen LogP contribution < -0.4 is 16.0 Å². The third kappa shape index (κ3) is 7.46. The highest BCUT2D eigenvalue weighted by Gasteiger charge is 2.45. The van der Waals surface area contributed by atoms with Crippen molar-refractivity contribution in [2.75, 3.05) is 18.5 Å². The number of alkyl carbamates (subject to hydrolysis) is 1. The number of carbonyl (C=O) groups is 2. The molecule has 0 spiro atoms. The summed E-state index contributed by atoms with van der Waals surface area (Å²) >= 11 is 0. The van der Waals surface area contributed by atoms with Crippen LogP contribution in [-0.2, 0) is 14.3 Å². The molecule has 2 aromatic heterocycles. The number of aliphatic hydroxyl groups is 3. The average molecular weight is 510 g/mol. The van der Waals surface area contributed by atoms with Gasteiger partial charge in [-0.15, -0.1) is 0 Å². The molecule has 200 valence electrons. The van der Waals surface area contributed by atoms with Gasteiger partial charge in [0, 0.05) is 13.0 Å². The second-order valence-corrected chi connectivity index (χ2v) is 9.56. The normalized spacial score (nSPS) is 24.3. The molecule has 1 fully saturated rings.